The quantitative estimate of drug-likeness (QED) is 0.266. The fourth-order valence-corrected chi connectivity index (χ4v) is 4.96. The summed E-state index contributed by atoms with van der Waals surface area (Å²) in [5.74, 6) is 0.312. The fraction of sp³-hybridized carbons (Fsp3) is 0.464. The summed E-state index contributed by atoms with van der Waals surface area (Å²) >= 11 is 0. The average molecular weight is 575 g/mol. The molecule has 2 aliphatic rings. The maximum atomic E-state index is 12.5. The number of pyridine rings is 1. The smallest absolute Gasteiger partial charge is 0.410 e. The molecule has 0 spiro atoms. The molecular weight excluding hydrogens is 540 g/mol. The van der Waals surface area contributed by atoms with E-state index in [1.54, 1.807) is 27.9 Å². The number of H-pyrrole nitrogens is 2. The third-order valence-corrected chi connectivity index (χ3v) is 7.15. The number of carbonyl (C=O) groups excluding carboxylic acids is 1. The van der Waals surface area contributed by atoms with Gasteiger partial charge in [0.25, 0.3) is 5.62 Å². The molecule has 14 heteroatoms. The first-order valence-corrected chi connectivity index (χ1v) is 14.1. The second kappa shape index (κ2) is 10.9. The minimum Gasteiger partial charge on any atom is -0.493 e. The zero-order valence-electron chi connectivity index (χ0n) is 23.8. The van der Waals surface area contributed by atoms with Crippen molar-refractivity contribution in [3.8, 4) is 5.88 Å². The Bertz CT molecular complexity index is 1790. The Balaban J connectivity index is 1.24. The number of aromatic hydroxyl groups is 1. The first-order chi connectivity index (χ1) is 20.1. The van der Waals surface area contributed by atoms with E-state index in [2.05, 4.69) is 25.4 Å². The maximum Gasteiger partial charge on any atom is 0.410 e. The molecule has 4 N–H and O–H groups in total. The van der Waals surface area contributed by atoms with Crippen LogP contribution in [0.2, 0.25) is 0 Å². The highest BCUT2D eigenvalue weighted by atomic mass is 16.6. The van der Waals surface area contributed by atoms with Crippen LogP contribution in [0.3, 0.4) is 0 Å². The summed E-state index contributed by atoms with van der Waals surface area (Å²) in [6.07, 6.45) is 8.28. The van der Waals surface area contributed by atoms with Gasteiger partial charge in [-0.1, -0.05) is 6.07 Å². The normalized spacial score (nSPS) is 17.3. The molecule has 1 aliphatic carbocycles. The van der Waals surface area contributed by atoms with Crippen LogP contribution in [-0.4, -0.2) is 75.4 Å². The van der Waals surface area contributed by atoms with Gasteiger partial charge in [0.2, 0.25) is 11.8 Å². The van der Waals surface area contributed by atoms with E-state index in [0.29, 0.717) is 42.1 Å². The second-order valence-electron chi connectivity index (χ2n) is 11.7. The van der Waals surface area contributed by atoms with Crippen LogP contribution in [0.1, 0.15) is 69.3 Å². The molecule has 1 saturated heterocycles. The van der Waals surface area contributed by atoms with Crippen molar-refractivity contribution < 1.29 is 14.6 Å². The van der Waals surface area contributed by atoms with Gasteiger partial charge < -0.3 is 25.0 Å². The number of ether oxygens (including phenoxy) is 1. The first kappa shape index (κ1) is 27.4. The molecule has 2 fully saturated rings. The van der Waals surface area contributed by atoms with Gasteiger partial charge in [-0.25, -0.2) is 14.6 Å². The third kappa shape index (κ3) is 6.11. The summed E-state index contributed by atoms with van der Waals surface area (Å²) in [6, 6.07) is 4.14. The number of aromatic amines is 2. The van der Waals surface area contributed by atoms with Crippen LogP contribution in [0, 0.1) is 0 Å². The average Bonchev–Trinajstić information content (AvgIpc) is 3.59. The highest BCUT2D eigenvalue weighted by Gasteiger charge is 2.29. The largest absolute Gasteiger partial charge is 0.493 e. The van der Waals surface area contributed by atoms with Gasteiger partial charge in [-0.2, -0.15) is 19.6 Å². The Morgan fingerprint density at radius 1 is 1.21 bits per heavy atom. The molecule has 220 valence electrons. The zero-order valence-corrected chi connectivity index (χ0v) is 23.8. The minimum atomic E-state index is -0.525. The number of amides is 1. The Morgan fingerprint density at radius 3 is 2.69 bits per heavy atom. The molecule has 0 aromatic carbocycles. The standard InChI is InChI=1S/C28H34N10O4/c1-28(2,3)42-27(41)37-11-8-16(9-12-37)21-17(5-4-10-29-21)14-30-24-34-22-18(13-20-23(39)35-26(40)33-20)15-31-38(22)25(36-24)32-19-6-7-19/h4-5,10,13,15-16,19,39H,6-9,11-12,14H2,1-3H3,(H,30,32,36)(H2,33,35,40)/b18-13+. The molecule has 14 nitrogen and oxygen atoms in total. The summed E-state index contributed by atoms with van der Waals surface area (Å²) in [6.45, 7) is 7.27. The number of hydrogen-bond donors (Lipinski definition) is 4. The van der Waals surface area contributed by atoms with Crippen molar-refractivity contribution in [3.05, 3.63) is 62.8 Å². The lowest BCUT2D eigenvalue weighted by Gasteiger charge is -2.33. The molecule has 42 heavy (non-hydrogen) atoms. The number of aromatic nitrogens is 7. The van der Waals surface area contributed by atoms with Crippen LogP contribution in [0.25, 0.3) is 11.7 Å². The van der Waals surface area contributed by atoms with Crippen molar-refractivity contribution in [2.24, 2.45) is 4.99 Å². The number of likely N-dealkylation sites (tertiary alicyclic amines) is 1. The number of imidazole rings is 1. The number of anilines is 1. The Morgan fingerprint density at radius 2 is 2.00 bits per heavy atom. The van der Waals surface area contributed by atoms with Crippen LogP contribution in [0.4, 0.5) is 10.7 Å². The van der Waals surface area contributed by atoms with Crippen LogP contribution in [-0.2, 0) is 11.3 Å². The minimum absolute atomic E-state index is 0.203. The van der Waals surface area contributed by atoms with Gasteiger partial charge >= 0.3 is 11.8 Å². The van der Waals surface area contributed by atoms with Crippen molar-refractivity contribution in [1.29, 1.82) is 0 Å². The molecule has 0 bridgehead atoms. The van der Waals surface area contributed by atoms with Crippen LogP contribution in [0.15, 0.2) is 34.3 Å². The van der Waals surface area contributed by atoms with Crippen molar-refractivity contribution in [1.82, 2.24) is 39.4 Å². The summed E-state index contributed by atoms with van der Waals surface area (Å²) in [5, 5.41) is 18.4. The van der Waals surface area contributed by atoms with Gasteiger partial charge in [0, 0.05) is 42.7 Å². The molecule has 4 aromatic heterocycles. The molecule has 6 rings (SSSR count). The monoisotopic (exact) mass is 574 g/mol. The summed E-state index contributed by atoms with van der Waals surface area (Å²) in [4.78, 5) is 49.5. The number of hydrogen-bond acceptors (Lipinski definition) is 10. The van der Waals surface area contributed by atoms with E-state index in [9.17, 15) is 14.7 Å². The SMILES string of the molecule is CC(C)(C)OC(=O)N1CCC(c2ncccc2CNc2nc(=NC3CC3)n3nc/c(=C\c4[nH]c(=O)[nH]c4O)c3n2)CC1. The molecule has 0 radical (unpaired) electrons. The van der Waals surface area contributed by atoms with E-state index < -0.39 is 11.3 Å². The van der Waals surface area contributed by atoms with E-state index >= 15 is 0 Å². The highest BCUT2D eigenvalue weighted by Crippen LogP contribution is 2.30. The first-order valence-electron chi connectivity index (χ1n) is 14.1. The number of carbonyl (C=O) groups is 1. The van der Waals surface area contributed by atoms with Crippen molar-refractivity contribution in [2.45, 2.75) is 70.6 Å². The van der Waals surface area contributed by atoms with Crippen LogP contribution < -0.4 is 21.8 Å². The molecule has 0 unspecified atom stereocenters. The van der Waals surface area contributed by atoms with Gasteiger partial charge in [0.15, 0.2) is 5.65 Å². The molecule has 1 aliphatic heterocycles. The van der Waals surface area contributed by atoms with Crippen molar-refractivity contribution >= 4 is 23.8 Å². The number of nitrogens with zero attached hydrogens (tertiary/aromatic N) is 7. The third-order valence-electron chi connectivity index (χ3n) is 7.15. The van der Waals surface area contributed by atoms with Crippen molar-refractivity contribution in [2.75, 3.05) is 18.4 Å². The summed E-state index contributed by atoms with van der Waals surface area (Å²) in [7, 11) is 0. The highest BCUT2D eigenvalue weighted by molar-refractivity contribution is 5.68. The van der Waals surface area contributed by atoms with E-state index in [0.717, 1.165) is 36.9 Å². The van der Waals surface area contributed by atoms with Crippen molar-refractivity contribution in [3.63, 3.8) is 0 Å². The Hall–Kier alpha value is -4.75. The zero-order chi connectivity index (χ0) is 29.4. The predicted octanol–water partition coefficient (Wildman–Crippen LogP) is 1.58. The summed E-state index contributed by atoms with van der Waals surface area (Å²) in [5.41, 5.74) is 2.10. The van der Waals surface area contributed by atoms with Crippen LogP contribution in [0.5, 0.6) is 5.88 Å². The molecule has 0 atom stereocenters. The molecule has 4 aromatic rings. The fourth-order valence-electron chi connectivity index (χ4n) is 4.96. The van der Waals surface area contributed by atoms with Gasteiger partial charge in [0.1, 0.15) is 11.3 Å². The lowest BCUT2D eigenvalue weighted by atomic mass is 9.90. The van der Waals surface area contributed by atoms with Gasteiger partial charge in [0.05, 0.1) is 12.2 Å². The topological polar surface area (TPSA) is 179 Å². The maximum absolute atomic E-state index is 12.5. The van der Waals surface area contributed by atoms with Gasteiger partial charge in [-0.05, 0) is 64.2 Å². The summed E-state index contributed by atoms with van der Waals surface area (Å²) < 4.78 is 7.10. The molecule has 1 saturated carbocycles. The van der Waals surface area contributed by atoms with E-state index in [4.69, 9.17) is 19.7 Å². The van der Waals surface area contributed by atoms with E-state index in [1.165, 1.54) is 0 Å². The molecule has 1 amide bonds. The van der Waals surface area contributed by atoms with Gasteiger partial charge in [-0.15, -0.1) is 0 Å². The van der Waals surface area contributed by atoms with Crippen LogP contribution >= 0.6 is 0 Å². The Kier molecular flexibility index (Phi) is 7.12. The lowest BCUT2D eigenvalue weighted by Crippen LogP contribution is -2.41. The lowest BCUT2D eigenvalue weighted by molar-refractivity contribution is 0.0204. The second-order valence-corrected chi connectivity index (χ2v) is 11.7. The number of rotatable bonds is 6. The number of piperidine rings is 1. The predicted molar refractivity (Wildman–Crippen MR) is 153 cm³/mol. The van der Waals surface area contributed by atoms with E-state index in [-0.39, 0.29) is 29.6 Å². The Labute approximate surface area is 240 Å². The van der Waals surface area contributed by atoms with Gasteiger partial charge in [-0.3, -0.25) is 9.97 Å². The number of nitrogens with one attached hydrogen (secondary N) is 3. The number of fused-ring (bicyclic) bond motifs is 1. The van der Waals surface area contributed by atoms with E-state index in [1.807, 2.05) is 32.9 Å². The molecule has 5 heterocycles. The molecular formula is C28H34N10O4.